The van der Waals surface area contributed by atoms with Crippen LogP contribution in [-0.2, 0) is 24.3 Å². The second-order valence-electron chi connectivity index (χ2n) is 6.13. The normalized spacial score (nSPS) is 13.0. The lowest BCUT2D eigenvalue weighted by Crippen LogP contribution is -2.50. The van der Waals surface area contributed by atoms with Crippen molar-refractivity contribution >= 4 is 21.9 Å². The van der Waals surface area contributed by atoms with E-state index in [2.05, 4.69) is 10.0 Å². The van der Waals surface area contributed by atoms with Gasteiger partial charge in [-0.15, -0.1) is 0 Å². The van der Waals surface area contributed by atoms with Crippen molar-refractivity contribution < 1.29 is 22.7 Å². The van der Waals surface area contributed by atoms with Gasteiger partial charge in [0.05, 0.1) is 4.90 Å². The van der Waals surface area contributed by atoms with Gasteiger partial charge in [-0.1, -0.05) is 43.7 Å². The molecule has 1 atom stereocenters. The molecule has 0 spiro atoms. The fourth-order valence-electron chi connectivity index (χ4n) is 2.00. The first-order valence-electron chi connectivity index (χ1n) is 8.31. The molecule has 1 aromatic rings. The van der Waals surface area contributed by atoms with Gasteiger partial charge in [0.2, 0.25) is 15.9 Å². The maximum absolute atomic E-state index is 12.5. The lowest BCUT2D eigenvalue weighted by Gasteiger charge is -2.21. The first kappa shape index (κ1) is 21.9. The largest absolute Gasteiger partial charge is 0.460 e. The number of ether oxygens (including phenoxy) is 1. The molecule has 1 aromatic carbocycles. The Balaban J connectivity index is 2.74. The third kappa shape index (κ3) is 6.97. The van der Waals surface area contributed by atoms with Crippen LogP contribution in [0.5, 0.6) is 0 Å². The maximum atomic E-state index is 12.5. The van der Waals surface area contributed by atoms with E-state index < -0.39 is 27.9 Å². The van der Waals surface area contributed by atoms with Crippen molar-refractivity contribution in [3.05, 3.63) is 42.0 Å². The molecule has 8 heteroatoms. The summed E-state index contributed by atoms with van der Waals surface area (Å²) in [6.07, 6.45) is 3.40. The molecule has 1 rings (SSSR count). The minimum Gasteiger partial charge on any atom is -0.460 e. The van der Waals surface area contributed by atoms with Gasteiger partial charge in [-0.05, 0) is 31.9 Å². The van der Waals surface area contributed by atoms with E-state index in [0.29, 0.717) is 0 Å². The van der Waals surface area contributed by atoms with E-state index in [4.69, 9.17) is 4.74 Å². The summed E-state index contributed by atoms with van der Waals surface area (Å²) in [4.78, 5) is 23.9. The topological polar surface area (TPSA) is 102 Å². The van der Waals surface area contributed by atoms with E-state index in [-0.39, 0.29) is 24.0 Å². The van der Waals surface area contributed by atoms with Gasteiger partial charge in [-0.25, -0.2) is 8.42 Å². The quantitative estimate of drug-likeness (QED) is 0.498. The average Bonchev–Trinajstić information content (AvgIpc) is 2.58. The zero-order chi connectivity index (χ0) is 19.7. The van der Waals surface area contributed by atoms with E-state index in [1.54, 1.807) is 45.1 Å². The van der Waals surface area contributed by atoms with Crippen LogP contribution in [0.15, 0.2) is 41.3 Å². The molecule has 0 aliphatic rings. The molecule has 0 heterocycles. The third-order valence-corrected chi connectivity index (χ3v) is 5.00. The van der Waals surface area contributed by atoms with Gasteiger partial charge in [-0.3, -0.25) is 9.59 Å². The van der Waals surface area contributed by atoms with Gasteiger partial charge < -0.3 is 10.1 Å². The van der Waals surface area contributed by atoms with E-state index in [0.717, 1.165) is 5.56 Å². The van der Waals surface area contributed by atoms with Crippen LogP contribution in [-0.4, -0.2) is 39.5 Å². The summed E-state index contributed by atoms with van der Waals surface area (Å²) in [7, 11) is -3.86. The van der Waals surface area contributed by atoms with Gasteiger partial charge in [0.1, 0.15) is 19.2 Å². The average molecular weight is 382 g/mol. The van der Waals surface area contributed by atoms with Crippen molar-refractivity contribution in [2.75, 3.05) is 13.2 Å². The Morgan fingerprint density at radius 3 is 2.35 bits per heavy atom. The molecule has 0 aliphatic heterocycles. The van der Waals surface area contributed by atoms with E-state index in [9.17, 15) is 18.0 Å². The Kier molecular flexibility index (Phi) is 8.47. The smallest absolute Gasteiger partial charge is 0.325 e. The highest BCUT2D eigenvalue weighted by Crippen LogP contribution is 2.13. The molecule has 0 saturated heterocycles. The molecule has 144 valence electrons. The van der Waals surface area contributed by atoms with Crippen LogP contribution in [0.2, 0.25) is 0 Å². The number of esters is 1. The minimum atomic E-state index is -3.86. The van der Waals surface area contributed by atoms with E-state index in [1.165, 1.54) is 12.1 Å². The maximum Gasteiger partial charge on any atom is 0.325 e. The number of hydrogen-bond donors (Lipinski definition) is 2. The summed E-state index contributed by atoms with van der Waals surface area (Å²) in [6, 6.07) is 5.31. The molecule has 0 saturated carbocycles. The zero-order valence-corrected chi connectivity index (χ0v) is 16.3. The number of carbonyl (C=O) groups excluding carboxylic acids is 2. The highest BCUT2D eigenvalue weighted by atomic mass is 32.2. The molecular formula is C18H26N2O5S. The van der Waals surface area contributed by atoms with Crippen LogP contribution in [0.1, 0.15) is 26.3 Å². The molecular weight excluding hydrogens is 356 g/mol. The number of nitrogens with one attached hydrogen (secondary N) is 2. The molecule has 0 fully saturated rings. The van der Waals surface area contributed by atoms with Gasteiger partial charge in [0.25, 0.3) is 0 Å². The fraction of sp³-hybridized carbons (Fsp3) is 0.444. The molecule has 0 bridgehead atoms. The molecule has 1 amide bonds. The molecule has 7 nitrogen and oxygen atoms in total. The van der Waals surface area contributed by atoms with Crippen LogP contribution < -0.4 is 10.0 Å². The van der Waals surface area contributed by atoms with Gasteiger partial charge in [-0.2, -0.15) is 4.72 Å². The second-order valence-corrected chi connectivity index (χ2v) is 7.84. The monoisotopic (exact) mass is 382 g/mol. The number of amides is 1. The van der Waals surface area contributed by atoms with Crippen molar-refractivity contribution in [1.29, 1.82) is 0 Å². The minimum absolute atomic E-state index is 0.0762. The summed E-state index contributed by atoms with van der Waals surface area (Å²) in [5, 5.41) is 2.41. The number of rotatable bonds is 9. The summed E-state index contributed by atoms with van der Waals surface area (Å²) in [5.41, 5.74) is 0.929. The van der Waals surface area contributed by atoms with Crippen molar-refractivity contribution in [2.45, 2.75) is 38.6 Å². The van der Waals surface area contributed by atoms with Crippen molar-refractivity contribution in [2.24, 2.45) is 5.92 Å². The summed E-state index contributed by atoms with van der Waals surface area (Å²) in [5.74, 6) is -1.49. The lowest BCUT2D eigenvalue weighted by molar-refractivity contribution is -0.143. The standard InChI is InChI=1S/C18H26N2O5S/c1-5-6-11-25-16(21)12-19-18(22)17(13(2)3)20-26(23,24)15-9-7-14(4)8-10-15/h5-10,13,17,20H,11-12H2,1-4H3,(H,19,22)/b6-5+/t17-/m0/s1. The molecule has 0 aliphatic carbocycles. The van der Waals surface area contributed by atoms with Crippen LogP contribution >= 0.6 is 0 Å². The first-order valence-corrected chi connectivity index (χ1v) is 9.79. The predicted octanol–water partition coefficient (Wildman–Crippen LogP) is 1.53. The Morgan fingerprint density at radius 1 is 1.19 bits per heavy atom. The molecule has 0 radical (unpaired) electrons. The van der Waals surface area contributed by atoms with Crippen LogP contribution in [0.25, 0.3) is 0 Å². The Hall–Kier alpha value is -2.19. The molecule has 2 N–H and O–H groups in total. The Bertz CT molecular complexity index is 739. The highest BCUT2D eigenvalue weighted by Gasteiger charge is 2.28. The summed E-state index contributed by atoms with van der Waals surface area (Å²) >= 11 is 0. The fourth-order valence-corrected chi connectivity index (χ4v) is 3.35. The van der Waals surface area contributed by atoms with Crippen LogP contribution in [0.3, 0.4) is 0 Å². The Morgan fingerprint density at radius 2 is 1.81 bits per heavy atom. The van der Waals surface area contributed by atoms with Crippen LogP contribution in [0.4, 0.5) is 0 Å². The predicted molar refractivity (Wildman–Crippen MR) is 98.9 cm³/mol. The number of sulfonamides is 1. The van der Waals surface area contributed by atoms with Crippen molar-refractivity contribution in [1.82, 2.24) is 10.0 Å². The Labute approximate surface area is 154 Å². The van der Waals surface area contributed by atoms with Gasteiger partial charge in [0.15, 0.2) is 0 Å². The molecule has 0 unspecified atom stereocenters. The zero-order valence-electron chi connectivity index (χ0n) is 15.5. The first-order chi connectivity index (χ1) is 12.2. The summed E-state index contributed by atoms with van der Waals surface area (Å²) < 4.78 is 32.2. The number of benzene rings is 1. The van der Waals surface area contributed by atoms with Gasteiger partial charge in [0, 0.05) is 0 Å². The summed E-state index contributed by atoms with van der Waals surface area (Å²) in [6.45, 7) is 6.87. The molecule has 0 aromatic heterocycles. The molecule has 26 heavy (non-hydrogen) atoms. The van der Waals surface area contributed by atoms with E-state index in [1.807, 2.05) is 6.92 Å². The van der Waals surface area contributed by atoms with E-state index >= 15 is 0 Å². The highest BCUT2D eigenvalue weighted by molar-refractivity contribution is 7.89. The number of aryl methyl sites for hydroxylation is 1. The van der Waals surface area contributed by atoms with Crippen molar-refractivity contribution in [3.8, 4) is 0 Å². The number of carbonyl (C=O) groups is 2. The SMILES string of the molecule is C/C=C/COC(=O)CNC(=O)[C@@H](NS(=O)(=O)c1ccc(C)cc1)C(C)C. The van der Waals surface area contributed by atoms with Crippen LogP contribution in [0, 0.1) is 12.8 Å². The number of hydrogen-bond acceptors (Lipinski definition) is 5. The second kappa shape index (κ2) is 10.1. The lowest BCUT2D eigenvalue weighted by atomic mass is 10.1. The third-order valence-electron chi connectivity index (χ3n) is 3.55. The number of allylic oxidation sites excluding steroid dienone is 1. The van der Waals surface area contributed by atoms with Gasteiger partial charge >= 0.3 is 5.97 Å². The van der Waals surface area contributed by atoms with Crippen molar-refractivity contribution in [3.63, 3.8) is 0 Å².